The molecule has 0 saturated carbocycles. The van der Waals surface area contributed by atoms with Gasteiger partial charge < -0.3 is 14.6 Å². The zero-order valence-electron chi connectivity index (χ0n) is 12.4. The van der Waals surface area contributed by atoms with Crippen molar-refractivity contribution >= 4 is 17.5 Å². The third kappa shape index (κ3) is 3.86. The van der Waals surface area contributed by atoms with Crippen molar-refractivity contribution in [3.05, 3.63) is 47.2 Å². The van der Waals surface area contributed by atoms with E-state index in [1.165, 1.54) is 0 Å². The van der Waals surface area contributed by atoms with Gasteiger partial charge in [0.25, 0.3) is 5.91 Å². The van der Waals surface area contributed by atoms with Gasteiger partial charge in [-0.1, -0.05) is 11.6 Å². The number of halogens is 1. The Morgan fingerprint density at radius 1 is 1.29 bits per heavy atom. The van der Waals surface area contributed by atoms with Crippen LogP contribution in [0.2, 0.25) is 5.02 Å². The Morgan fingerprint density at radius 2 is 1.95 bits per heavy atom. The molecule has 0 spiro atoms. The zero-order chi connectivity index (χ0) is 15.4. The number of likely N-dealkylation sites (N-methyl/N-ethyl adjacent to an activating group) is 2. The molecule has 0 aliphatic heterocycles. The topological polar surface area (TPSA) is 46.7 Å². The van der Waals surface area contributed by atoms with Crippen LogP contribution in [0.1, 0.15) is 12.7 Å². The average molecular weight is 308 g/mol. The second-order valence-corrected chi connectivity index (χ2v) is 5.57. The van der Waals surface area contributed by atoms with Crippen LogP contribution < -0.4 is 10.2 Å². The van der Waals surface area contributed by atoms with Gasteiger partial charge in [-0.2, -0.15) is 0 Å². The van der Waals surface area contributed by atoms with Gasteiger partial charge in [-0.05, 0) is 43.3 Å². The van der Waals surface area contributed by atoms with Crippen LogP contribution in [0.4, 0.5) is 0 Å². The summed E-state index contributed by atoms with van der Waals surface area (Å²) < 4.78 is 5.85. The summed E-state index contributed by atoms with van der Waals surface area (Å²) in [5.74, 6) is 1.69. The molecule has 0 aliphatic carbocycles. The molecule has 0 bridgehead atoms. The highest BCUT2D eigenvalue weighted by molar-refractivity contribution is 6.30. The largest absolute Gasteiger partial charge is 0.455 e. The molecule has 21 heavy (non-hydrogen) atoms. The first-order valence-corrected chi connectivity index (χ1v) is 7.27. The molecule has 2 aromatic rings. The van der Waals surface area contributed by atoms with E-state index in [0.717, 1.165) is 22.0 Å². The third-order valence-corrected chi connectivity index (χ3v) is 3.87. The van der Waals surface area contributed by atoms with Crippen molar-refractivity contribution < 1.29 is 14.1 Å². The molecule has 0 saturated heterocycles. The van der Waals surface area contributed by atoms with Crippen molar-refractivity contribution in [2.45, 2.75) is 19.5 Å². The van der Waals surface area contributed by atoms with Crippen molar-refractivity contribution in [1.82, 2.24) is 5.32 Å². The lowest BCUT2D eigenvalue weighted by Gasteiger charge is -2.19. The van der Waals surface area contributed by atoms with Gasteiger partial charge in [0.2, 0.25) is 0 Å². The van der Waals surface area contributed by atoms with Crippen LogP contribution in [-0.4, -0.2) is 26.0 Å². The van der Waals surface area contributed by atoms with E-state index < -0.39 is 0 Å². The predicted molar refractivity (Wildman–Crippen MR) is 83.3 cm³/mol. The molecule has 1 unspecified atom stereocenters. The van der Waals surface area contributed by atoms with Gasteiger partial charge >= 0.3 is 0 Å². The van der Waals surface area contributed by atoms with Crippen LogP contribution >= 0.6 is 11.6 Å². The average Bonchev–Trinajstić information content (AvgIpc) is 2.94. The van der Waals surface area contributed by atoms with E-state index in [-0.39, 0.29) is 11.9 Å². The number of carbonyl (C=O) groups is 1. The van der Waals surface area contributed by atoms with Gasteiger partial charge in [0.15, 0.2) is 11.8 Å². The maximum Gasteiger partial charge on any atom is 0.277 e. The highest BCUT2D eigenvalue weighted by Gasteiger charge is 2.21. The van der Waals surface area contributed by atoms with E-state index in [2.05, 4.69) is 5.32 Å². The Hall–Kier alpha value is -1.78. The second kappa shape index (κ2) is 6.78. The van der Waals surface area contributed by atoms with Crippen LogP contribution in [-0.2, 0) is 11.3 Å². The lowest BCUT2D eigenvalue weighted by molar-refractivity contribution is -0.909. The SMILES string of the molecule is CNC(=O)[C@H](C)[NH+](C)Cc1ccc(-c2ccc(Cl)cc2)o1. The van der Waals surface area contributed by atoms with E-state index in [1.54, 1.807) is 7.05 Å². The number of carbonyl (C=O) groups excluding carboxylic acids is 1. The minimum atomic E-state index is -0.126. The lowest BCUT2D eigenvalue weighted by Crippen LogP contribution is -3.12. The number of quaternary nitrogens is 1. The fourth-order valence-corrected chi connectivity index (χ4v) is 2.24. The summed E-state index contributed by atoms with van der Waals surface area (Å²) in [5.41, 5.74) is 0.989. The first-order valence-electron chi connectivity index (χ1n) is 6.90. The number of nitrogens with one attached hydrogen (secondary N) is 2. The predicted octanol–water partition coefficient (Wildman–Crippen LogP) is 1.75. The molecule has 0 fully saturated rings. The smallest absolute Gasteiger partial charge is 0.277 e. The lowest BCUT2D eigenvalue weighted by atomic mass is 10.2. The van der Waals surface area contributed by atoms with Crippen LogP contribution in [0.15, 0.2) is 40.8 Å². The van der Waals surface area contributed by atoms with E-state index in [9.17, 15) is 4.79 Å². The van der Waals surface area contributed by atoms with Gasteiger partial charge in [0.1, 0.15) is 12.3 Å². The molecule has 0 radical (unpaired) electrons. The quantitative estimate of drug-likeness (QED) is 0.884. The number of amides is 1. The van der Waals surface area contributed by atoms with Crippen molar-refractivity contribution in [1.29, 1.82) is 0 Å². The van der Waals surface area contributed by atoms with E-state index in [4.69, 9.17) is 16.0 Å². The maximum absolute atomic E-state index is 11.6. The molecule has 2 N–H and O–H groups in total. The maximum atomic E-state index is 11.6. The Kier molecular flexibility index (Phi) is 5.04. The standard InChI is InChI=1S/C16H19ClN2O2/c1-11(16(20)18-2)19(3)10-14-8-9-15(21-14)12-4-6-13(17)7-5-12/h4-9,11H,10H2,1-3H3,(H,18,20)/p+1/t11-/m0/s1. The Bertz CT molecular complexity index is 607. The second-order valence-electron chi connectivity index (χ2n) is 5.13. The van der Waals surface area contributed by atoms with Gasteiger partial charge in [-0.25, -0.2) is 0 Å². The van der Waals surface area contributed by atoms with E-state index in [0.29, 0.717) is 11.6 Å². The number of benzene rings is 1. The minimum Gasteiger partial charge on any atom is -0.455 e. The van der Waals surface area contributed by atoms with E-state index >= 15 is 0 Å². The van der Waals surface area contributed by atoms with Crippen molar-refractivity contribution in [3.8, 4) is 11.3 Å². The van der Waals surface area contributed by atoms with Gasteiger partial charge in [-0.15, -0.1) is 0 Å². The highest BCUT2D eigenvalue weighted by Crippen LogP contribution is 2.23. The van der Waals surface area contributed by atoms with Gasteiger partial charge in [-0.3, -0.25) is 4.79 Å². The third-order valence-electron chi connectivity index (χ3n) is 3.62. The van der Waals surface area contributed by atoms with Crippen LogP contribution in [0, 0.1) is 0 Å². The summed E-state index contributed by atoms with van der Waals surface area (Å²) in [7, 11) is 3.63. The van der Waals surface area contributed by atoms with Crippen molar-refractivity contribution in [2.24, 2.45) is 0 Å². The highest BCUT2D eigenvalue weighted by atomic mass is 35.5. The fraction of sp³-hybridized carbons (Fsp3) is 0.312. The molecule has 2 atom stereocenters. The molecule has 1 heterocycles. The van der Waals surface area contributed by atoms with Crippen LogP contribution in [0.3, 0.4) is 0 Å². The molecule has 4 nitrogen and oxygen atoms in total. The molecule has 112 valence electrons. The zero-order valence-corrected chi connectivity index (χ0v) is 13.2. The first-order chi connectivity index (χ1) is 10.0. The van der Waals surface area contributed by atoms with Crippen molar-refractivity contribution in [3.63, 3.8) is 0 Å². The molecule has 0 aliphatic rings. The van der Waals surface area contributed by atoms with Crippen LogP contribution in [0.5, 0.6) is 0 Å². The summed E-state index contributed by atoms with van der Waals surface area (Å²) >= 11 is 5.88. The molecule has 1 aromatic heterocycles. The van der Waals surface area contributed by atoms with Crippen LogP contribution in [0.25, 0.3) is 11.3 Å². The summed E-state index contributed by atoms with van der Waals surface area (Å²) in [4.78, 5) is 12.7. The Labute approximate surface area is 129 Å². The summed E-state index contributed by atoms with van der Waals surface area (Å²) in [6.45, 7) is 2.55. The summed E-state index contributed by atoms with van der Waals surface area (Å²) in [5, 5.41) is 3.37. The van der Waals surface area contributed by atoms with E-state index in [1.807, 2.05) is 50.4 Å². The first kappa shape index (κ1) is 15.6. The molecular weight excluding hydrogens is 288 g/mol. The fourth-order valence-electron chi connectivity index (χ4n) is 2.11. The summed E-state index contributed by atoms with van der Waals surface area (Å²) in [6, 6.07) is 11.3. The molecular formula is C16H20ClN2O2+. The van der Waals surface area contributed by atoms with Gasteiger partial charge in [0.05, 0.1) is 7.05 Å². The number of hydrogen-bond acceptors (Lipinski definition) is 2. The number of furan rings is 1. The minimum absolute atomic E-state index is 0.0250. The molecule has 2 rings (SSSR count). The molecule has 1 aromatic carbocycles. The Balaban J connectivity index is 2.06. The van der Waals surface area contributed by atoms with Gasteiger partial charge in [0, 0.05) is 17.6 Å². The normalized spacial score (nSPS) is 13.7. The Morgan fingerprint density at radius 3 is 2.57 bits per heavy atom. The number of hydrogen-bond donors (Lipinski definition) is 2. The molecule has 5 heteroatoms. The van der Waals surface area contributed by atoms with Crippen molar-refractivity contribution in [2.75, 3.05) is 14.1 Å². The monoisotopic (exact) mass is 307 g/mol. The number of rotatable bonds is 5. The summed E-state index contributed by atoms with van der Waals surface area (Å²) in [6.07, 6.45) is 0. The molecule has 1 amide bonds.